The van der Waals surface area contributed by atoms with Gasteiger partial charge in [0, 0.05) is 6.92 Å². The third kappa shape index (κ3) is 2.42. The van der Waals surface area contributed by atoms with E-state index in [9.17, 15) is 15.0 Å². The number of nitrogens with one attached hydrogen (secondary N) is 1. The molecule has 0 aliphatic carbocycles. The number of aliphatic hydroxyl groups excluding tert-OH is 3. The lowest BCUT2D eigenvalue weighted by Gasteiger charge is -2.36. The van der Waals surface area contributed by atoms with Crippen molar-refractivity contribution in [1.29, 1.82) is 0 Å². The Bertz CT molecular complexity index is 210. The van der Waals surface area contributed by atoms with Gasteiger partial charge in [-0.05, 0) is 0 Å². The van der Waals surface area contributed by atoms with Gasteiger partial charge in [-0.15, -0.1) is 0 Å². The van der Waals surface area contributed by atoms with Gasteiger partial charge in [0.05, 0.1) is 19.3 Å². The first kappa shape index (κ1) is 11.4. The Morgan fingerprint density at radius 2 is 2.14 bits per heavy atom. The van der Waals surface area contributed by atoms with Crippen LogP contribution >= 0.6 is 0 Å². The van der Waals surface area contributed by atoms with Crippen molar-refractivity contribution in [3.63, 3.8) is 0 Å². The number of hydrogen-bond acceptors (Lipinski definition) is 5. The zero-order valence-electron chi connectivity index (χ0n) is 7.88. The van der Waals surface area contributed by atoms with Crippen molar-refractivity contribution >= 4 is 5.91 Å². The molecule has 0 aromatic rings. The van der Waals surface area contributed by atoms with Crippen LogP contribution in [0.15, 0.2) is 0 Å². The van der Waals surface area contributed by atoms with E-state index in [4.69, 9.17) is 9.84 Å². The fraction of sp³-hybridized carbons (Fsp3) is 0.875. The van der Waals surface area contributed by atoms with E-state index in [0.29, 0.717) is 0 Å². The van der Waals surface area contributed by atoms with E-state index in [0.717, 1.165) is 0 Å². The van der Waals surface area contributed by atoms with Crippen LogP contribution in [-0.4, -0.2) is 58.8 Å². The average molecular weight is 205 g/mol. The number of ether oxygens (including phenoxy) is 1. The van der Waals surface area contributed by atoms with E-state index in [1.807, 2.05) is 0 Å². The van der Waals surface area contributed by atoms with Gasteiger partial charge in [-0.2, -0.15) is 0 Å². The first-order chi connectivity index (χ1) is 6.56. The Kier molecular flexibility index (Phi) is 3.82. The molecule has 1 unspecified atom stereocenters. The molecule has 0 aromatic carbocycles. The maximum atomic E-state index is 10.7. The highest BCUT2D eigenvalue weighted by molar-refractivity contribution is 5.73. The lowest BCUT2D eigenvalue weighted by molar-refractivity contribution is -0.164. The van der Waals surface area contributed by atoms with Crippen LogP contribution < -0.4 is 5.32 Å². The molecule has 82 valence electrons. The maximum Gasteiger partial charge on any atom is 0.217 e. The summed E-state index contributed by atoms with van der Waals surface area (Å²) in [6.07, 6.45) is -3.06. The maximum absolute atomic E-state index is 10.7. The second-order valence-electron chi connectivity index (χ2n) is 3.34. The molecule has 0 spiro atoms. The highest BCUT2D eigenvalue weighted by Gasteiger charge is 2.38. The van der Waals surface area contributed by atoms with E-state index in [1.165, 1.54) is 6.92 Å². The Hall–Kier alpha value is -0.690. The zero-order valence-corrected chi connectivity index (χ0v) is 7.88. The first-order valence-corrected chi connectivity index (χ1v) is 4.42. The quantitative estimate of drug-likeness (QED) is 0.403. The number of carbonyl (C=O) groups is 1. The van der Waals surface area contributed by atoms with Crippen LogP contribution in [0.3, 0.4) is 0 Å². The molecular weight excluding hydrogens is 190 g/mol. The Balaban J connectivity index is 2.54. The van der Waals surface area contributed by atoms with Gasteiger partial charge in [-0.25, -0.2) is 0 Å². The van der Waals surface area contributed by atoms with Crippen molar-refractivity contribution in [1.82, 2.24) is 5.32 Å². The molecule has 0 saturated carbocycles. The van der Waals surface area contributed by atoms with E-state index in [-0.39, 0.29) is 19.1 Å². The summed E-state index contributed by atoms with van der Waals surface area (Å²) in [7, 11) is 0. The van der Waals surface area contributed by atoms with Gasteiger partial charge in [-0.3, -0.25) is 4.79 Å². The predicted molar refractivity (Wildman–Crippen MR) is 46.4 cm³/mol. The fourth-order valence-electron chi connectivity index (χ4n) is 1.43. The molecule has 1 fully saturated rings. The van der Waals surface area contributed by atoms with Crippen LogP contribution in [0.2, 0.25) is 0 Å². The molecule has 0 bridgehead atoms. The van der Waals surface area contributed by atoms with Crippen LogP contribution in [-0.2, 0) is 9.53 Å². The molecule has 1 aliphatic rings. The summed E-state index contributed by atoms with van der Waals surface area (Å²) in [6.45, 7) is 1.05. The fourth-order valence-corrected chi connectivity index (χ4v) is 1.43. The summed E-state index contributed by atoms with van der Waals surface area (Å²) in [4.78, 5) is 10.7. The second-order valence-corrected chi connectivity index (χ2v) is 3.34. The Morgan fingerprint density at radius 3 is 2.64 bits per heavy atom. The highest BCUT2D eigenvalue weighted by atomic mass is 16.5. The molecule has 1 heterocycles. The van der Waals surface area contributed by atoms with Gasteiger partial charge >= 0.3 is 0 Å². The van der Waals surface area contributed by atoms with Gasteiger partial charge in [0.2, 0.25) is 5.91 Å². The Morgan fingerprint density at radius 1 is 1.50 bits per heavy atom. The monoisotopic (exact) mass is 205 g/mol. The lowest BCUT2D eigenvalue weighted by atomic mass is 9.98. The first-order valence-electron chi connectivity index (χ1n) is 4.42. The van der Waals surface area contributed by atoms with Gasteiger partial charge in [0.1, 0.15) is 18.3 Å². The lowest BCUT2D eigenvalue weighted by Crippen LogP contribution is -2.59. The molecule has 0 radical (unpaired) electrons. The normalized spacial score (nSPS) is 38.0. The molecule has 4 N–H and O–H groups in total. The summed E-state index contributed by atoms with van der Waals surface area (Å²) >= 11 is 0. The van der Waals surface area contributed by atoms with E-state index in [2.05, 4.69) is 5.32 Å². The Labute approximate surface area is 81.5 Å². The third-order valence-corrected chi connectivity index (χ3v) is 2.20. The van der Waals surface area contributed by atoms with Crippen molar-refractivity contribution in [2.24, 2.45) is 0 Å². The van der Waals surface area contributed by atoms with Gasteiger partial charge < -0.3 is 25.4 Å². The molecule has 1 amide bonds. The number of rotatable bonds is 2. The van der Waals surface area contributed by atoms with Gasteiger partial charge in [0.25, 0.3) is 0 Å². The van der Waals surface area contributed by atoms with E-state index < -0.39 is 24.4 Å². The number of carbonyl (C=O) groups excluding carboxylic acids is 1. The molecule has 4 atom stereocenters. The van der Waals surface area contributed by atoms with Crippen LogP contribution in [0.4, 0.5) is 0 Å². The topological polar surface area (TPSA) is 99.0 Å². The number of aliphatic hydroxyl groups is 3. The molecule has 6 heteroatoms. The highest BCUT2D eigenvalue weighted by Crippen LogP contribution is 2.14. The molecule has 1 saturated heterocycles. The van der Waals surface area contributed by atoms with Gasteiger partial charge in [-0.1, -0.05) is 0 Å². The summed E-state index contributed by atoms with van der Waals surface area (Å²) in [5, 5.41) is 30.2. The molecule has 1 aliphatic heterocycles. The van der Waals surface area contributed by atoms with Crippen LogP contribution in [0.5, 0.6) is 0 Å². The number of hydrogen-bond donors (Lipinski definition) is 4. The summed E-state index contributed by atoms with van der Waals surface area (Å²) < 4.78 is 5.05. The summed E-state index contributed by atoms with van der Waals surface area (Å²) in [5.41, 5.74) is 0. The van der Waals surface area contributed by atoms with Crippen molar-refractivity contribution in [3.05, 3.63) is 0 Å². The van der Waals surface area contributed by atoms with Crippen LogP contribution in [0.25, 0.3) is 0 Å². The standard InChI is InChI=1S/C8H15NO5/c1-4(11)9-5-3-14-6(2-10)8(13)7(5)12/h5-8,10,12-13H,2-3H2,1H3,(H,9,11)/t5-,6?,7-,8+/m1/s1. The SMILES string of the molecule is CC(=O)N[C@@H]1COC(CO)[C@H](O)[C@@H]1O. The molecular formula is C8H15NO5. The average Bonchev–Trinajstić information content (AvgIpc) is 2.13. The zero-order chi connectivity index (χ0) is 10.7. The second kappa shape index (κ2) is 4.70. The van der Waals surface area contributed by atoms with E-state index in [1.54, 1.807) is 0 Å². The molecule has 6 nitrogen and oxygen atoms in total. The summed E-state index contributed by atoms with van der Waals surface area (Å²) in [5.74, 6) is -0.299. The van der Waals surface area contributed by atoms with E-state index >= 15 is 0 Å². The molecule has 1 rings (SSSR count). The van der Waals surface area contributed by atoms with Crippen LogP contribution in [0.1, 0.15) is 6.92 Å². The van der Waals surface area contributed by atoms with Crippen LogP contribution in [0, 0.1) is 0 Å². The minimum atomic E-state index is -1.18. The minimum absolute atomic E-state index is 0.0863. The predicted octanol–water partition coefficient (Wildman–Crippen LogP) is -2.40. The molecule has 14 heavy (non-hydrogen) atoms. The molecule has 0 aromatic heterocycles. The third-order valence-electron chi connectivity index (χ3n) is 2.20. The number of amides is 1. The smallest absolute Gasteiger partial charge is 0.217 e. The summed E-state index contributed by atoms with van der Waals surface area (Å²) in [6, 6.07) is -0.620. The van der Waals surface area contributed by atoms with Crippen molar-refractivity contribution in [3.8, 4) is 0 Å². The minimum Gasteiger partial charge on any atom is -0.394 e. The van der Waals surface area contributed by atoms with Crippen molar-refractivity contribution < 1.29 is 24.9 Å². The van der Waals surface area contributed by atoms with Crippen molar-refractivity contribution in [2.45, 2.75) is 31.3 Å². The van der Waals surface area contributed by atoms with Crippen molar-refractivity contribution in [2.75, 3.05) is 13.2 Å². The largest absolute Gasteiger partial charge is 0.394 e. The van der Waals surface area contributed by atoms with Gasteiger partial charge in [0.15, 0.2) is 0 Å².